The van der Waals surface area contributed by atoms with E-state index < -0.39 is 23.1 Å². The van der Waals surface area contributed by atoms with Gasteiger partial charge in [-0.2, -0.15) is 0 Å². The molecular weight excluding hydrogens is 559 g/mol. The summed E-state index contributed by atoms with van der Waals surface area (Å²) in [6.07, 6.45) is 1.90. The SMILES string of the molecule is CC(=O)N(CC(=O)Nc1ccc(C)c(C2CCN(Cc3ccc(Oc4cc(F)c(F)cc4F)cc3)CC2)c1)OC(C)(C)C. The van der Waals surface area contributed by atoms with Gasteiger partial charge in [0.05, 0.1) is 5.60 Å². The number of carbonyl (C=O) groups excluding carboxylic acids is 2. The zero-order valence-electron chi connectivity index (χ0n) is 25.2. The summed E-state index contributed by atoms with van der Waals surface area (Å²) >= 11 is 0. The van der Waals surface area contributed by atoms with Gasteiger partial charge in [-0.3, -0.25) is 19.3 Å². The molecule has 1 saturated heterocycles. The lowest BCUT2D eigenvalue weighted by molar-refractivity contribution is -0.223. The van der Waals surface area contributed by atoms with Crippen LogP contribution in [0, 0.1) is 24.4 Å². The first-order chi connectivity index (χ1) is 20.3. The number of likely N-dealkylation sites (tertiary alicyclic amines) is 1. The maximum Gasteiger partial charge on any atom is 0.246 e. The Balaban J connectivity index is 1.31. The fourth-order valence-corrected chi connectivity index (χ4v) is 5.06. The molecule has 0 unspecified atom stereocenters. The smallest absolute Gasteiger partial charge is 0.246 e. The highest BCUT2D eigenvalue weighted by Gasteiger charge is 2.24. The Morgan fingerprint density at radius 1 is 0.953 bits per heavy atom. The summed E-state index contributed by atoms with van der Waals surface area (Å²) in [4.78, 5) is 32.6. The molecule has 0 bridgehead atoms. The van der Waals surface area contributed by atoms with Crippen LogP contribution in [0.15, 0.2) is 54.6 Å². The minimum absolute atomic E-state index is 0.205. The number of nitrogens with zero attached hydrogens (tertiary/aromatic N) is 2. The Kier molecular flexibility index (Phi) is 10.1. The fourth-order valence-electron chi connectivity index (χ4n) is 5.06. The Hall–Kier alpha value is -3.89. The molecule has 2 amide bonds. The van der Waals surface area contributed by atoms with Crippen molar-refractivity contribution in [3.8, 4) is 11.5 Å². The normalized spacial score (nSPS) is 14.4. The highest BCUT2D eigenvalue weighted by molar-refractivity contribution is 5.94. The molecule has 4 rings (SSSR count). The van der Waals surface area contributed by atoms with E-state index in [1.807, 2.05) is 51.1 Å². The van der Waals surface area contributed by atoms with Gasteiger partial charge in [-0.1, -0.05) is 18.2 Å². The molecule has 1 fully saturated rings. The summed E-state index contributed by atoms with van der Waals surface area (Å²) in [7, 11) is 0. The van der Waals surface area contributed by atoms with E-state index in [0.717, 1.165) is 48.7 Å². The van der Waals surface area contributed by atoms with Crippen LogP contribution >= 0.6 is 0 Å². The number of piperidine rings is 1. The molecule has 0 saturated carbocycles. The second kappa shape index (κ2) is 13.6. The number of anilines is 1. The topological polar surface area (TPSA) is 71.1 Å². The van der Waals surface area contributed by atoms with Gasteiger partial charge in [0.25, 0.3) is 0 Å². The number of carbonyl (C=O) groups is 2. The van der Waals surface area contributed by atoms with E-state index in [1.54, 1.807) is 12.1 Å². The molecule has 0 aliphatic carbocycles. The van der Waals surface area contributed by atoms with Crippen LogP contribution in [0.5, 0.6) is 11.5 Å². The second-order valence-electron chi connectivity index (χ2n) is 11.9. The molecule has 1 heterocycles. The van der Waals surface area contributed by atoms with Crippen molar-refractivity contribution in [2.75, 3.05) is 25.0 Å². The molecule has 1 N–H and O–H groups in total. The predicted molar refractivity (Wildman–Crippen MR) is 158 cm³/mol. The summed E-state index contributed by atoms with van der Waals surface area (Å²) in [5, 5.41) is 3.98. The summed E-state index contributed by atoms with van der Waals surface area (Å²) < 4.78 is 45.9. The zero-order valence-corrected chi connectivity index (χ0v) is 25.2. The number of nitrogens with one attached hydrogen (secondary N) is 1. The first-order valence-electron chi connectivity index (χ1n) is 14.3. The monoisotopic (exact) mass is 597 g/mol. The third-order valence-corrected chi connectivity index (χ3v) is 7.15. The van der Waals surface area contributed by atoms with Crippen molar-refractivity contribution in [1.29, 1.82) is 0 Å². The molecule has 10 heteroatoms. The largest absolute Gasteiger partial charge is 0.454 e. The lowest BCUT2D eigenvalue weighted by Gasteiger charge is -2.33. The maximum atomic E-state index is 13.9. The minimum atomic E-state index is -1.27. The number of hydroxylamine groups is 2. The van der Waals surface area contributed by atoms with Crippen molar-refractivity contribution in [3.05, 3.63) is 88.7 Å². The molecule has 3 aromatic rings. The van der Waals surface area contributed by atoms with Crippen LogP contribution in [0.4, 0.5) is 18.9 Å². The molecule has 1 aliphatic rings. The van der Waals surface area contributed by atoms with Gasteiger partial charge in [0.1, 0.15) is 12.3 Å². The number of hydrogen-bond donors (Lipinski definition) is 1. The van der Waals surface area contributed by atoms with E-state index in [-0.39, 0.29) is 24.1 Å². The van der Waals surface area contributed by atoms with Crippen molar-refractivity contribution in [3.63, 3.8) is 0 Å². The van der Waals surface area contributed by atoms with Crippen molar-refractivity contribution >= 4 is 17.5 Å². The van der Waals surface area contributed by atoms with Crippen LogP contribution in [0.2, 0.25) is 0 Å². The Morgan fingerprint density at radius 3 is 2.23 bits per heavy atom. The minimum Gasteiger partial charge on any atom is -0.454 e. The second-order valence-corrected chi connectivity index (χ2v) is 11.9. The summed E-state index contributed by atoms with van der Waals surface area (Å²) in [6, 6.07) is 14.1. The quantitative estimate of drug-likeness (QED) is 0.211. The fraction of sp³-hybridized carbons (Fsp3) is 0.394. The van der Waals surface area contributed by atoms with E-state index in [2.05, 4.69) is 17.1 Å². The molecule has 0 atom stereocenters. The van der Waals surface area contributed by atoms with Gasteiger partial charge in [-0.05, 0) is 100 Å². The van der Waals surface area contributed by atoms with Crippen LogP contribution < -0.4 is 10.1 Å². The van der Waals surface area contributed by atoms with Crippen LogP contribution in [-0.2, 0) is 21.0 Å². The third kappa shape index (κ3) is 9.05. The molecule has 0 radical (unpaired) electrons. The number of hydrogen-bond acceptors (Lipinski definition) is 5. The lowest BCUT2D eigenvalue weighted by atomic mass is 9.86. The molecule has 230 valence electrons. The number of ether oxygens (including phenoxy) is 1. The Bertz CT molecular complexity index is 1450. The summed E-state index contributed by atoms with van der Waals surface area (Å²) in [6.45, 7) is 11.2. The van der Waals surface area contributed by atoms with Crippen LogP contribution in [0.3, 0.4) is 0 Å². The third-order valence-electron chi connectivity index (χ3n) is 7.15. The van der Waals surface area contributed by atoms with E-state index in [1.165, 1.54) is 12.5 Å². The van der Waals surface area contributed by atoms with E-state index in [9.17, 15) is 22.8 Å². The number of halogens is 3. The molecule has 43 heavy (non-hydrogen) atoms. The van der Waals surface area contributed by atoms with E-state index >= 15 is 0 Å². The van der Waals surface area contributed by atoms with Gasteiger partial charge < -0.3 is 10.1 Å². The zero-order chi connectivity index (χ0) is 31.3. The first-order valence-corrected chi connectivity index (χ1v) is 14.3. The average Bonchev–Trinajstić information content (AvgIpc) is 2.93. The highest BCUT2D eigenvalue weighted by Crippen LogP contribution is 2.33. The van der Waals surface area contributed by atoms with Gasteiger partial charge >= 0.3 is 0 Å². The molecule has 1 aliphatic heterocycles. The van der Waals surface area contributed by atoms with Crippen molar-refractivity contribution in [2.24, 2.45) is 0 Å². The van der Waals surface area contributed by atoms with Crippen LogP contribution in [0.1, 0.15) is 63.1 Å². The van der Waals surface area contributed by atoms with Gasteiger partial charge in [0.15, 0.2) is 23.2 Å². The maximum absolute atomic E-state index is 13.9. The predicted octanol–water partition coefficient (Wildman–Crippen LogP) is 7.10. The summed E-state index contributed by atoms with van der Waals surface area (Å²) in [5.41, 5.74) is 3.47. The van der Waals surface area contributed by atoms with Crippen LogP contribution in [0.25, 0.3) is 0 Å². The number of rotatable bonds is 9. The molecule has 7 nitrogen and oxygen atoms in total. The number of aryl methyl sites for hydroxylation is 1. The van der Waals surface area contributed by atoms with Gasteiger partial charge in [-0.15, -0.1) is 0 Å². The van der Waals surface area contributed by atoms with Crippen LogP contribution in [-0.4, -0.2) is 47.0 Å². The average molecular weight is 598 g/mol. The van der Waals surface area contributed by atoms with Gasteiger partial charge in [0.2, 0.25) is 11.8 Å². The highest BCUT2D eigenvalue weighted by atomic mass is 19.2. The Morgan fingerprint density at radius 2 is 1.60 bits per heavy atom. The Labute approximate surface area is 250 Å². The van der Waals surface area contributed by atoms with E-state index in [0.29, 0.717) is 29.5 Å². The number of benzene rings is 3. The number of amides is 2. The molecule has 3 aromatic carbocycles. The van der Waals surface area contributed by atoms with E-state index in [4.69, 9.17) is 9.57 Å². The molecular formula is C33H38F3N3O4. The molecule has 0 aromatic heterocycles. The van der Waals surface area contributed by atoms with Gasteiger partial charge in [-0.25, -0.2) is 18.2 Å². The standard InChI is InChI=1S/C33H38F3N3O4/c1-21-6-9-25(37-32(41)20-39(22(2)40)43-33(3,4)5)16-27(21)24-12-14-38(15-13-24)19-23-7-10-26(11-8-23)42-31-18-29(35)28(34)17-30(31)36/h6-11,16-18,24H,12-15,19-20H2,1-5H3,(H,37,41). The lowest BCUT2D eigenvalue weighted by Crippen LogP contribution is -2.41. The van der Waals surface area contributed by atoms with Gasteiger partial charge in [0, 0.05) is 31.3 Å². The molecule has 0 spiro atoms. The first kappa shape index (κ1) is 32.0. The van der Waals surface area contributed by atoms with Crippen molar-refractivity contribution in [1.82, 2.24) is 9.96 Å². The summed E-state index contributed by atoms with van der Waals surface area (Å²) in [5.74, 6) is -3.81. The van der Waals surface area contributed by atoms with Crippen molar-refractivity contribution in [2.45, 2.75) is 65.5 Å². The van der Waals surface area contributed by atoms with Crippen molar-refractivity contribution < 1.29 is 32.3 Å².